The number of benzene rings is 2. The molecule has 2 aromatic heterocycles. The Hall–Kier alpha value is -3.25. The molecule has 0 aliphatic rings. The van der Waals surface area contributed by atoms with E-state index < -0.39 is 0 Å². The van der Waals surface area contributed by atoms with E-state index in [2.05, 4.69) is 38.5 Å². The molecule has 2 aromatic carbocycles. The van der Waals surface area contributed by atoms with Gasteiger partial charge in [0.15, 0.2) is 0 Å². The molecule has 0 saturated carbocycles. The van der Waals surface area contributed by atoms with Gasteiger partial charge >= 0.3 is 0 Å². The lowest BCUT2D eigenvalue weighted by Crippen LogP contribution is -2.18. The summed E-state index contributed by atoms with van der Waals surface area (Å²) in [6.07, 6.45) is 0. The molecule has 0 bridgehead atoms. The number of methoxy groups -OCH3 is 1. The van der Waals surface area contributed by atoms with Crippen LogP contribution in [0.5, 0.6) is 5.75 Å². The van der Waals surface area contributed by atoms with Gasteiger partial charge in [0.05, 0.1) is 19.3 Å². The number of carbonyl (C=O) groups is 1. The minimum atomic E-state index is -0.172. The Balaban J connectivity index is 1.76. The van der Waals surface area contributed by atoms with Crippen LogP contribution in [0.15, 0.2) is 72.8 Å². The molecule has 4 rings (SSSR count). The third-order valence-electron chi connectivity index (χ3n) is 4.85. The summed E-state index contributed by atoms with van der Waals surface area (Å²) in [7, 11) is 1.67. The van der Waals surface area contributed by atoms with Crippen LogP contribution in [0.3, 0.4) is 0 Å². The first-order chi connectivity index (χ1) is 14.7. The summed E-state index contributed by atoms with van der Waals surface area (Å²) in [5, 5.41) is 1.10. The number of pyridine rings is 1. The van der Waals surface area contributed by atoms with Gasteiger partial charge in [-0.1, -0.05) is 55.3 Å². The van der Waals surface area contributed by atoms with Crippen LogP contribution in [0.1, 0.15) is 23.1 Å². The summed E-state index contributed by atoms with van der Waals surface area (Å²) in [6.45, 7) is 2.55. The van der Waals surface area contributed by atoms with Crippen molar-refractivity contribution in [1.29, 1.82) is 0 Å². The van der Waals surface area contributed by atoms with Crippen molar-refractivity contribution in [3.05, 3.63) is 84.2 Å². The molecule has 0 fully saturated rings. The van der Waals surface area contributed by atoms with Crippen molar-refractivity contribution in [2.75, 3.05) is 12.9 Å². The lowest BCUT2D eigenvalue weighted by molar-refractivity contribution is 0.0979. The average Bonchev–Trinajstić information content (AvgIpc) is 3.15. The number of fused-ring (bicyclic) bond motifs is 1. The third-order valence-corrected chi connectivity index (χ3v) is 5.47. The van der Waals surface area contributed by atoms with Gasteiger partial charge in [-0.15, -0.1) is 0 Å². The normalized spacial score (nSPS) is 10.9. The largest absolute Gasteiger partial charge is 0.497 e. The quantitative estimate of drug-likeness (QED) is 0.422. The van der Waals surface area contributed by atoms with Gasteiger partial charge < -0.3 is 9.30 Å². The Labute approximate surface area is 180 Å². The molecule has 0 aliphatic heterocycles. The second-order valence-electron chi connectivity index (χ2n) is 6.78. The average molecular weight is 418 g/mol. The van der Waals surface area contributed by atoms with Crippen molar-refractivity contribution >= 4 is 28.8 Å². The first-order valence-electron chi connectivity index (χ1n) is 9.80. The molecule has 0 atom stereocenters. The van der Waals surface area contributed by atoms with Crippen molar-refractivity contribution in [3.8, 4) is 17.0 Å². The minimum absolute atomic E-state index is 0.172. The molecular weight excluding hydrogens is 394 g/mol. The maximum atomic E-state index is 12.3. The summed E-state index contributed by atoms with van der Waals surface area (Å²) in [5.41, 5.74) is 4.56. The highest BCUT2D eigenvalue weighted by Gasteiger charge is 2.14. The molecule has 5 nitrogen and oxygen atoms in total. The van der Waals surface area contributed by atoms with Gasteiger partial charge in [0.25, 0.3) is 5.91 Å². The number of hydrogen-bond acceptors (Lipinski definition) is 4. The van der Waals surface area contributed by atoms with Crippen LogP contribution in [0, 0.1) is 0 Å². The Morgan fingerprint density at radius 2 is 1.90 bits per heavy atom. The number of hydrogen-bond donors (Lipinski definition) is 1. The van der Waals surface area contributed by atoms with E-state index in [1.165, 1.54) is 11.9 Å². The van der Waals surface area contributed by atoms with Crippen LogP contribution >= 0.6 is 11.9 Å². The predicted octanol–water partition coefficient (Wildman–Crippen LogP) is 5.16. The van der Waals surface area contributed by atoms with Crippen LogP contribution in [-0.2, 0) is 6.54 Å². The smallest absolute Gasteiger partial charge is 0.279 e. The molecule has 2 heterocycles. The van der Waals surface area contributed by atoms with Crippen molar-refractivity contribution in [2.24, 2.45) is 0 Å². The standard InChI is InChI=1S/C24H23N3O2S/c1-3-30-26-24(28)21-11-7-10-19(25-21)16-27-22-13-12-20(29-2)14-18(22)15-23(27)17-8-5-4-6-9-17/h4-15H,3,16H2,1-2H3,(H,26,28). The number of carbonyl (C=O) groups excluding carboxylic acids is 1. The summed E-state index contributed by atoms with van der Waals surface area (Å²) in [6, 6.07) is 24.1. The zero-order valence-corrected chi connectivity index (χ0v) is 17.8. The zero-order chi connectivity index (χ0) is 20.9. The molecule has 0 saturated heterocycles. The first-order valence-corrected chi connectivity index (χ1v) is 10.8. The van der Waals surface area contributed by atoms with Crippen molar-refractivity contribution in [1.82, 2.24) is 14.3 Å². The third kappa shape index (κ3) is 4.19. The predicted molar refractivity (Wildman–Crippen MR) is 123 cm³/mol. The number of nitrogens with zero attached hydrogens (tertiary/aromatic N) is 2. The maximum Gasteiger partial charge on any atom is 0.279 e. The summed E-state index contributed by atoms with van der Waals surface area (Å²) in [5.74, 6) is 1.46. The molecular formula is C24H23N3O2S. The SMILES string of the molecule is CCSNC(=O)c1cccc(Cn2c(-c3ccccc3)cc3cc(OC)ccc32)n1. The van der Waals surface area contributed by atoms with Gasteiger partial charge in [-0.2, -0.15) is 0 Å². The van der Waals surface area contributed by atoms with E-state index in [0.717, 1.165) is 39.4 Å². The number of aromatic nitrogens is 2. The van der Waals surface area contributed by atoms with Crippen molar-refractivity contribution in [3.63, 3.8) is 0 Å². The second-order valence-corrected chi connectivity index (χ2v) is 7.86. The molecule has 30 heavy (non-hydrogen) atoms. The topological polar surface area (TPSA) is 56.2 Å². The maximum absolute atomic E-state index is 12.3. The Morgan fingerprint density at radius 1 is 1.07 bits per heavy atom. The van der Waals surface area contributed by atoms with E-state index in [1.54, 1.807) is 13.2 Å². The lowest BCUT2D eigenvalue weighted by atomic mass is 10.1. The summed E-state index contributed by atoms with van der Waals surface area (Å²) < 4.78 is 10.4. The number of ether oxygens (including phenoxy) is 1. The molecule has 0 aliphatic carbocycles. The Bertz CT molecular complexity index is 1170. The molecule has 1 N–H and O–H groups in total. The van der Waals surface area contributed by atoms with E-state index in [-0.39, 0.29) is 5.91 Å². The van der Waals surface area contributed by atoms with E-state index in [0.29, 0.717) is 12.2 Å². The van der Waals surface area contributed by atoms with E-state index >= 15 is 0 Å². The minimum Gasteiger partial charge on any atom is -0.497 e. The van der Waals surface area contributed by atoms with Crippen LogP contribution in [0.25, 0.3) is 22.2 Å². The van der Waals surface area contributed by atoms with Crippen molar-refractivity contribution < 1.29 is 9.53 Å². The number of rotatable bonds is 7. The van der Waals surface area contributed by atoms with Gasteiger partial charge in [0.1, 0.15) is 11.4 Å². The summed E-state index contributed by atoms with van der Waals surface area (Å²) in [4.78, 5) is 16.9. The fourth-order valence-electron chi connectivity index (χ4n) is 3.44. The Kier molecular flexibility index (Phi) is 6.05. The monoisotopic (exact) mass is 417 g/mol. The van der Waals surface area contributed by atoms with E-state index in [1.807, 2.05) is 49.4 Å². The van der Waals surface area contributed by atoms with Crippen LogP contribution in [0.4, 0.5) is 0 Å². The lowest BCUT2D eigenvalue weighted by Gasteiger charge is -2.12. The molecule has 0 unspecified atom stereocenters. The highest BCUT2D eigenvalue weighted by Crippen LogP contribution is 2.31. The van der Waals surface area contributed by atoms with Crippen LogP contribution < -0.4 is 9.46 Å². The first kappa shape index (κ1) is 20.0. The van der Waals surface area contributed by atoms with Gasteiger partial charge in [0, 0.05) is 22.3 Å². The summed E-state index contributed by atoms with van der Waals surface area (Å²) >= 11 is 1.37. The number of nitrogens with one attached hydrogen (secondary N) is 1. The number of amides is 1. The van der Waals surface area contributed by atoms with Gasteiger partial charge in [0.2, 0.25) is 0 Å². The fourth-order valence-corrected chi connectivity index (χ4v) is 3.82. The van der Waals surface area contributed by atoms with Crippen LogP contribution in [0.2, 0.25) is 0 Å². The molecule has 0 spiro atoms. The van der Waals surface area contributed by atoms with Crippen molar-refractivity contribution in [2.45, 2.75) is 13.5 Å². The Morgan fingerprint density at radius 3 is 2.67 bits per heavy atom. The highest BCUT2D eigenvalue weighted by atomic mass is 32.2. The second kappa shape index (κ2) is 9.05. The molecule has 4 aromatic rings. The molecule has 1 amide bonds. The zero-order valence-electron chi connectivity index (χ0n) is 17.0. The van der Waals surface area contributed by atoms with Gasteiger partial charge in [-0.05, 0) is 42.0 Å². The molecule has 0 radical (unpaired) electrons. The molecule has 152 valence electrons. The van der Waals surface area contributed by atoms with Crippen LogP contribution in [-0.4, -0.2) is 28.3 Å². The van der Waals surface area contributed by atoms with E-state index in [9.17, 15) is 4.79 Å². The van der Waals surface area contributed by atoms with E-state index in [4.69, 9.17) is 4.74 Å². The van der Waals surface area contributed by atoms with Gasteiger partial charge in [-0.25, -0.2) is 4.98 Å². The fraction of sp³-hybridized carbons (Fsp3) is 0.167. The highest BCUT2D eigenvalue weighted by molar-refractivity contribution is 7.97. The molecule has 6 heteroatoms. The van der Waals surface area contributed by atoms with Gasteiger partial charge in [-0.3, -0.25) is 9.52 Å².